The van der Waals surface area contributed by atoms with Gasteiger partial charge in [-0.2, -0.15) is 13.2 Å². The molecule has 25 heavy (non-hydrogen) atoms. The van der Waals surface area contributed by atoms with Gasteiger partial charge in [-0.1, -0.05) is 12.1 Å². The quantitative estimate of drug-likeness (QED) is 0.904. The molecular formula is C18H24F3N3O. The molecule has 2 unspecified atom stereocenters. The van der Waals surface area contributed by atoms with Gasteiger partial charge in [-0.25, -0.2) is 0 Å². The molecule has 0 aliphatic carbocycles. The van der Waals surface area contributed by atoms with Crippen LogP contribution in [0.3, 0.4) is 0 Å². The van der Waals surface area contributed by atoms with Gasteiger partial charge in [0.05, 0.1) is 0 Å². The highest BCUT2D eigenvalue weighted by Gasteiger charge is 2.46. The summed E-state index contributed by atoms with van der Waals surface area (Å²) in [6, 6.07) is 5.40. The summed E-state index contributed by atoms with van der Waals surface area (Å²) in [4.78, 5) is 15.0. The lowest BCUT2D eigenvalue weighted by Gasteiger charge is -2.33. The second-order valence-electron chi connectivity index (χ2n) is 7.03. The molecule has 7 heteroatoms. The van der Waals surface area contributed by atoms with Crippen LogP contribution in [0.15, 0.2) is 18.2 Å². The molecule has 2 atom stereocenters. The fraction of sp³-hybridized carbons (Fsp3) is 0.611. The van der Waals surface area contributed by atoms with Crippen LogP contribution < -0.4 is 10.2 Å². The van der Waals surface area contributed by atoms with E-state index in [1.54, 1.807) is 13.0 Å². The van der Waals surface area contributed by atoms with Crippen molar-refractivity contribution in [1.29, 1.82) is 0 Å². The summed E-state index contributed by atoms with van der Waals surface area (Å²) >= 11 is 0. The third-order valence-corrected chi connectivity index (χ3v) is 5.13. The summed E-state index contributed by atoms with van der Waals surface area (Å²) in [6.45, 7) is 7.84. The minimum Gasteiger partial charge on any atom is -0.314 e. The fourth-order valence-electron chi connectivity index (χ4n) is 3.85. The number of fused-ring (bicyclic) bond motifs is 1. The Hall–Kier alpha value is -1.60. The Morgan fingerprint density at radius 3 is 2.64 bits per heavy atom. The first-order valence-corrected chi connectivity index (χ1v) is 8.74. The van der Waals surface area contributed by atoms with E-state index in [1.165, 1.54) is 0 Å². The Labute approximate surface area is 146 Å². The van der Waals surface area contributed by atoms with E-state index in [9.17, 15) is 18.0 Å². The number of piperazine rings is 1. The molecule has 1 N–H and O–H groups in total. The van der Waals surface area contributed by atoms with Crippen molar-refractivity contribution in [3.05, 3.63) is 29.3 Å². The SMILES string of the molecule is CC(Cc1ccc2c(c1)CC(C)N2C(=O)C(F)(F)F)N1CCNCC1. The van der Waals surface area contributed by atoms with Crippen molar-refractivity contribution in [2.45, 2.75) is 44.9 Å². The van der Waals surface area contributed by atoms with Gasteiger partial charge >= 0.3 is 12.1 Å². The maximum atomic E-state index is 12.8. The van der Waals surface area contributed by atoms with Crippen LogP contribution in [-0.4, -0.2) is 55.2 Å². The number of carbonyl (C=O) groups is 1. The number of carbonyl (C=O) groups excluding carboxylic acids is 1. The predicted molar refractivity (Wildman–Crippen MR) is 90.8 cm³/mol. The lowest BCUT2D eigenvalue weighted by Crippen LogP contribution is -2.48. The highest BCUT2D eigenvalue weighted by atomic mass is 19.4. The van der Waals surface area contributed by atoms with Gasteiger partial charge in [0.25, 0.3) is 0 Å². The predicted octanol–water partition coefficient (Wildman–Crippen LogP) is 2.36. The number of hydrogen-bond donors (Lipinski definition) is 1. The molecule has 1 fully saturated rings. The topological polar surface area (TPSA) is 35.6 Å². The zero-order chi connectivity index (χ0) is 18.2. The number of nitrogens with one attached hydrogen (secondary N) is 1. The van der Waals surface area contributed by atoms with Crippen LogP contribution in [-0.2, 0) is 17.6 Å². The van der Waals surface area contributed by atoms with E-state index < -0.39 is 18.1 Å². The highest BCUT2D eigenvalue weighted by Crippen LogP contribution is 2.36. The molecule has 0 bridgehead atoms. The number of anilines is 1. The molecule has 0 saturated carbocycles. The van der Waals surface area contributed by atoms with Crippen LogP contribution in [0.2, 0.25) is 0 Å². The molecule has 1 saturated heterocycles. The largest absolute Gasteiger partial charge is 0.471 e. The molecule has 2 heterocycles. The molecule has 1 amide bonds. The molecule has 0 spiro atoms. The lowest BCUT2D eigenvalue weighted by molar-refractivity contribution is -0.170. The van der Waals surface area contributed by atoms with Gasteiger partial charge in [0.2, 0.25) is 0 Å². The van der Waals surface area contributed by atoms with Crippen molar-refractivity contribution in [3.8, 4) is 0 Å². The molecular weight excluding hydrogens is 331 g/mol. The van der Waals surface area contributed by atoms with Gasteiger partial charge in [0.1, 0.15) is 0 Å². The number of halogens is 3. The Balaban J connectivity index is 1.75. The van der Waals surface area contributed by atoms with Crippen molar-refractivity contribution < 1.29 is 18.0 Å². The van der Waals surface area contributed by atoms with E-state index in [0.29, 0.717) is 18.2 Å². The van der Waals surface area contributed by atoms with E-state index in [4.69, 9.17) is 0 Å². The van der Waals surface area contributed by atoms with Crippen LogP contribution in [0.1, 0.15) is 25.0 Å². The molecule has 1 aromatic rings. The Morgan fingerprint density at radius 1 is 1.32 bits per heavy atom. The van der Waals surface area contributed by atoms with Crippen molar-refractivity contribution in [2.24, 2.45) is 0 Å². The number of amides is 1. The molecule has 0 aromatic heterocycles. The number of benzene rings is 1. The van der Waals surface area contributed by atoms with Crippen molar-refractivity contribution in [3.63, 3.8) is 0 Å². The summed E-state index contributed by atoms with van der Waals surface area (Å²) < 4.78 is 38.5. The van der Waals surface area contributed by atoms with Gasteiger partial charge < -0.3 is 10.2 Å². The van der Waals surface area contributed by atoms with Gasteiger partial charge in [-0.05, 0) is 43.9 Å². The van der Waals surface area contributed by atoms with Gasteiger partial charge in [0.15, 0.2) is 0 Å². The zero-order valence-corrected chi connectivity index (χ0v) is 14.6. The standard InChI is InChI=1S/C18H24F3N3O/c1-12(23-7-5-22-6-8-23)9-14-3-4-16-15(11-14)10-13(2)24(16)17(25)18(19,20)21/h3-4,11-13,22H,5-10H2,1-2H3. The molecule has 0 radical (unpaired) electrons. The molecule has 1 aromatic carbocycles. The van der Waals surface area contributed by atoms with Gasteiger partial charge in [0, 0.05) is 44.0 Å². The number of alkyl halides is 3. The zero-order valence-electron chi connectivity index (χ0n) is 14.6. The minimum atomic E-state index is -4.84. The first-order chi connectivity index (χ1) is 11.8. The van der Waals surface area contributed by atoms with E-state index in [-0.39, 0.29) is 0 Å². The smallest absolute Gasteiger partial charge is 0.314 e. The summed E-state index contributed by atoms with van der Waals surface area (Å²) in [5.41, 5.74) is 2.34. The average molecular weight is 355 g/mol. The monoisotopic (exact) mass is 355 g/mol. The molecule has 3 rings (SSSR count). The third-order valence-electron chi connectivity index (χ3n) is 5.13. The minimum absolute atomic E-state index is 0.381. The van der Waals surface area contributed by atoms with Crippen molar-refractivity contribution in [2.75, 3.05) is 31.1 Å². The summed E-state index contributed by atoms with van der Waals surface area (Å²) in [5, 5.41) is 3.33. The van der Waals surface area contributed by atoms with Crippen molar-refractivity contribution in [1.82, 2.24) is 10.2 Å². The maximum absolute atomic E-state index is 12.8. The van der Waals surface area contributed by atoms with E-state index in [0.717, 1.165) is 48.6 Å². The van der Waals surface area contributed by atoms with Crippen LogP contribution in [0.25, 0.3) is 0 Å². The molecule has 4 nitrogen and oxygen atoms in total. The average Bonchev–Trinajstić information content (AvgIpc) is 2.89. The second kappa shape index (κ2) is 6.96. The highest BCUT2D eigenvalue weighted by molar-refractivity contribution is 5.99. The van der Waals surface area contributed by atoms with Crippen LogP contribution in [0, 0.1) is 0 Å². The third kappa shape index (κ3) is 3.82. The van der Waals surface area contributed by atoms with E-state index in [1.807, 2.05) is 12.1 Å². The lowest BCUT2D eigenvalue weighted by atomic mass is 10.0. The normalized spacial score (nSPS) is 22.8. The van der Waals surface area contributed by atoms with Gasteiger partial charge in [-0.3, -0.25) is 9.69 Å². The van der Waals surface area contributed by atoms with E-state index >= 15 is 0 Å². The summed E-state index contributed by atoms with van der Waals surface area (Å²) in [6.07, 6.45) is -3.52. The van der Waals surface area contributed by atoms with Crippen molar-refractivity contribution >= 4 is 11.6 Å². The number of nitrogens with zero attached hydrogens (tertiary/aromatic N) is 2. The first kappa shape index (κ1) is 18.2. The van der Waals surface area contributed by atoms with E-state index in [2.05, 4.69) is 17.1 Å². The Morgan fingerprint density at radius 2 is 2.00 bits per heavy atom. The van der Waals surface area contributed by atoms with Crippen LogP contribution in [0.4, 0.5) is 18.9 Å². The Bertz CT molecular complexity index is 641. The van der Waals surface area contributed by atoms with Gasteiger partial charge in [-0.15, -0.1) is 0 Å². The number of rotatable bonds is 3. The molecule has 2 aliphatic rings. The fourth-order valence-corrected chi connectivity index (χ4v) is 3.85. The van der Waals surface area contributed by atoms with Crippen LogP contribution in [0.5, 0.6) is 0 Å². The maximum Gasteiger partial charge on any atom is 0.471 e. The molecule has 2 aliphatic heterocycles. The van der Waals surface area contributed by atoms with Crippen LogP contribution >= 0.6 is 0 Å². The molecule has 138 valence electrons. The first-order valence-electron chi connectivity index (χ1n) is 8.74. The summed E-state index contributed by atoms with van der Waals surface area (Å²) in [7, 11) is 0. The summed E-state index contributed by atoms with van der Waals surface area (Å²) in [5.74, 6) is -1.78. The second-order valence-corrected chi connectivity index (χ2v) is 7.03. The Kier molecular flexibility index (Phi) is 5.06. The number of hydrogen-bond acceptors (Lipinski definition) is 3.